The zero-order chi connectivity index (χ0) is 21.9. The van der Waals surface area contributed by atoms with Gasteiger partial charge in [-0.3, -0.25) is 4.79 Å². The first-order chi connectivity index (χ1) is 15.7. The monoisotopic (exact) mass is 434 g/mol. The van der Waals surface area contributed by atoms with Crippen LogP contribution in [0.4, 0.5) is 5.69 Å². The molecule has 0 aliphatic rings. The van der Waals surface area contributed by atoms with Crippen LogP contribution < -0.4 is 5.32 Å². The van der Waals surface area contributed by atoms with Crippen molar-refractivity contribution in [2.75, 3.05) is 5.32 Å². The quantitative estimate of drug-likeness (QED) is 0.318. The van der Waals surface area contributed by atoms with Gasteiger partial charge in [0.05, 0.1) is 16.8 Å². The summed E-state index contributed by atoms with van der Waals surface area (Å²) in [6.45, 7) is 0. The lowest BCUT2D eigenvalue weighted by atomic mass is 10.0. The molecule has 1 amide bonds. The Bertz CT molecular complexity index is 1410. The second kappa shape index (κ2) is 8.66. The first kappa shape index (κ1) is 20.0. The summed E-state index contributed by atoms with van der Waals surface area (Å²) in [7, 11) is 0. The Morgan fingerprint density at radius 2 is 1.41 bits per heavy atom. The highest BCUT2D eigenvalue weighted by molar-refractivity contribution is 6.30. The molecule has 0 saturated heterocycles. The minimum absolute atomic E-state index is 0.179. The van der Waals surface area contributed by atoms with Gasteiger partial charge in [-0.05, 0) is 35.9 Å². The number of nitrogens with zero attached hydrogens (tertiary/aromatic N) is 1. The second-order valence-electron chi connectivity index (χ2n) is 7.44. The Kier molecular flexibility index (Phi) is 5.40. The molecule has 0 bridgehead atoms. The van der Waals surface area contributed by atoms with Gasteiger partial charge in [0.2, 0.25) is 0 Å². The summed E-state index contributed by atoms with van der Waals surface area (Å²) in [4.78, 5) is 18.3. The third kappa shape index (κ3) is 3.98. The molecule has 0 aliphatic carbocycles. The molecule has 1 aromatic heterocycles. The molecule has 0 fully saturated rings. The Labute approximate surface area is 191 Å². The van der Waals surface area contributed by atoms with E-state index in [1.165, 1.54) is 0 Å². The van der Waals surface area contributed by atoms with Crippen molar-refractivity contribution >= 4 is 34.1 Å². The lowest BCUT2D eigenvalue weighted by Gasteiger charge is -2.13. The normalized spacial score (nSPS) is 10.8. The van der Waals surface area contributed by atoms with Crippen molar-refractivity contribution < 1.29 is 4.79 Å². The van der Waals surface area contributed by atoms with E-state index in [0.717, 1.165) is 39.0 Å². The highest BCUT2D eigenvalue weighted by Crippen LogP contribution is 2.30. The standard InChI is InChI=1S/C28H19ClN2O/c29-21-16-14-20(15-17-21)27-18-24(23-11-5-7-13-26(23)30-27)28(32)31-25-12-6-4-10-22(25)19-8-2-1-3-9-19/h1-18H,(H,31,32). The zero-order valence-electron chi connectivity index (χ0n) is 17.1. The van der Waals surface area contributed by atoms with Gasteiger partial charge in [-0.1, -0.05) is 90.5 Å². The average Bonchev–Trinajstić information content (AvgIpc) is 2.84. The van der Waals surface area contributed by atoms with Gasteiger partial charge in [0, 0.05) is 27.2 Å². The lowest BCUT2D eigenvalue weighted by Crippen LogP contribution is -2.13. The third-order valence-corrected chi connectivity index (χ3v) is 5.61. The Balaban J connectivity index is 1.58. The number of rotatable bonds is 4. The molecule has 5 aromatic rings. The Morgan fingerprint density at radius 3 is 2.22 bits per heavy atom. The van der Waals surface area contributed by atoms with Crippen molar-refractivity contribution in [1.29, 1.82) is 0 Å². The van der Waals surface area contributed by atoms with Crippen molar-refractivity contribution in [3.63, 3.8) is 0 Å². The Hall–Kier alpha value is -3.95. The topological polar surface area (TPSA) is 42.0 Å². The number of hydrogen-bond acceptors (Lipinski definition) is 2. The fourth-order valence-electron chi connectivity index (χ4n) is 3.78. The fourth-order valence-corrected chi connectivity index (χ4v) is 3.91. The average molecular weight is 435 g/mol. The smallest absolute Gasteiger partial charge is 0.256 e. The van der Waals surface area contributed by atoms with E-state index in [9.17, 15) is 4.79 Å². The van der Waals surface area contributed by atoms with E-state index in [-0.39, 0.29) is 5.91 Å². The summed E-state index contributed by atoms with van der Waals surface area (Å²) in [6.07, 6.45) is 0. The van der Waals surface area contributed by atoms with Gasteiger partial charge < -0.3 is 5.32 Å². The number of halogens is 1. The summed E-state index contributed by atoms with van der Waals surface area (Å²) in [5.41, 5.74) is 5.74. The summed E-state index contributed by atoms with van der Waals surface area (Å²) in [5, 5.41) is 4.58. The van der Waals surface area contributed by atoms with Crippen LogP contribution in [0.1, 0.15) is 10.4 Å². The van der Waals surface area contributed by atoms with Crippen molar-refractivity contribution in [3.8, 4) is 22.4 Å². The van der Waals surface area contributed by atoms with Gasteiger partial charge in [0.1, 0.15) is 0 Å². The second-order valence-corrected chi connectivity index (χ2v) is 7.88. The number of pyridine rings is 1. The minimum atomic E-state index is -0.179. The molecule has 1 heterocycles. The summed E-state index contributed by atoms with van der Waals surface area (Å²) in [6, 6.07) is 34.8. The van der Waals surface area contributed by atoms with Crippen LogP contribution in [0.15, 0.2) is 109 Å². The summed E-state index contributed by atoms with van der Waals surface area (Å²) in [5.74, 6) is -0.179. The lowest BCUT2D eigenvalue weighted by molar-refractivity contribution is 0.102. The summed E-state index contributed by atoms with van der Waals surface area (Å²) >= 11 is 6.05. The molecular formula is C28H19ClN2O. The van der Waals surface area contributed by atoms with Crippen LogP contribution in [0.5, 0.6) is 0 Å². The van der Waals surface area contributed by atoms with Gasteiger partial charge in [-0.25, -0.2) is 4.98 Å². The largest absolute Gasteiger partial charge is 0.321 e. The molecule has 0 radical (unpaired) electrons. The molecule has 5 rings (SSSR count). The SMILES string of the molecule is O=C(Nc1ccccc1-c1ccccc1)c1cc(-c2ccc(Cl)cc2)nc2ccccc12. The molecule has 32 heavy (non-hydrogen) atoms. The van der Waals surface area contributed by atoms with E-state index in [1.807, 2.05) is 109 Å². The first-order valence-corrected chi connectivity index (χ1v) is 10.7. The van der Waals surface area contributed by atoms with Crippen LogP contribution in [0.2, 0.25) is 5.02 Å². The predicted octanol–water partition coefficient (Wildman–Crippen LogP) is 7.47. The number of para-hydroxylation sites is 2. The van der Waals surface area contributed by atoms with E-state index in [1.54, 1.807) is 0 Å². The number of fused-ring (bicyclic) bond motifs is 1. The number of aromatic nitrogens is 1. The van der Waals surface area contributed by atoms with Crippen molar-refractivity contribution in [1.82, 2.24) is 4.98 Å². The highest BCUT2D eigenvalue weighted by Gasteiger charge is 2.16. The van der Waals surface area contributed by atoms with Crippen LogP contribution >= 0.6 is 11.6 Å². The predicted molar refractivity (Wildman–Crippen MR) is 132 cm³/mol. The molecular weight excluding hydrogens is 416 g/mol. The molecule has 0 spiro atoms. The van der Waals surface area contributed by atoms with Crippen LogP contribution in [0.25, 0.3) is 33.3 Å². The van der Waals surface area contributed by atoms with E-state index >= 15 is 0 Å². The minimum Gasteiger partial charge on any atom is -0.321 e. The maximum atomic E-state index is 13.5. The molecule has 0 atom stereocenters. The van der Waals surface area contributed by atoms with E-state index in [2.05, 4.69) is 5.32 Å². The molecule has 0 saturated carbocycles. The maximum Gasteiger partial charge on any atom is 0.256 e. The van der Waals surface area contributed by atoms with Gasteiger partial charge in [0.25, 0.3) is 5.91 Å². The molecule has 3 nitrogen and oxygen atoms in total. The van der Waals surface area contributed by atoms with Gasteiger partial charge in [-0.2, -0.15) is 0 Å². The van der Waals surface area contributed by atoms with Crippen LogP contribution in [0.3, 0.4) is 0 Å². The van der Waals surface area contributed by atoms with E-state index in [4.69, 9.17) is 16.6 Å². The number of anilines is 1. The maximum absolute atomic E-state index is 13.5. The van der Waals surface area contributed by atoms with Crippen LogP contribution in [-0.4, -0.2) is 10.9 Å². The number of amides is 1. The summed E-state index contributed by atoms with van der Waals surface area (Å²) < 4.78 is 0. The van der Waals surface area contributed by atoms with Crippen LogP contribution in [0, 0.1) is 0 Å². The zero-order valence-corrected chi connectivity index (χ0v) is 17.9. The number of carbonyl (C=O) groups is 1. The third-order valence-electron chi connectivity index (χ3n) is 5.36. The van der Waals surface area contributed by atoms with Crippen molar-refractivity contribution in [2.45, 2.75) is 0 Å². The van der Waals surface area contributed by atoms with Gasteiger partial charge in [-0.15, -0.1) is 0 Å². The first-order valence-electron chi connectivity index (χ1n) is 10.3. The molecule has 4 heteroatoms. The highest BCUT2D eigenvalue weighted by atomic mass is 35.5. The van der Waals surface area contributed by atoms with Gasteiger partial charge >= 0.3 is 0 Å². The van der Waals surface area contributed by atoms with Crippen molar-refractivity contribution in [2.24, 2.45) is 0 Å². The fraction of sp³-hybridized carbons (Fsp3) is 0. The molecule has 0 unspecified atom stereocenters. The molecule has 0 aliphatic heterocycles. The van der Waals surface area contributed by atoms with Gasteiger partial charge in [0.15, 0.2) is 0 Å². The molecule has 154 valence electrons. The number of hydrogen-bond donors (Lipinski definition) is 1. The van der Waals surface area contributed by atoms with Crippen molar-refractivity contribution in [3.05, 3.63) is 120 Å². The number of carbonyl (C=O) groups excluding carboxylic acids is 1. The van der Waals surface area contributed by atoms with E-state index < -0.39 is 0 Å². The molecule has 1 N–H and O–H groups in total. The molecule has 4 aromatic carbocycles. The Morgan fingerprint density at radius 1 is 0.719 bits per heavy atom. The number of nitrogens with one attached hydrogen (secondary N) is 1. The number of benzene rings is 4. The van der Waals surface area contributed by atoms with Crippen LogP contribution in [-0.2, 0) is 0 Å². The van der Waals surface area contributed by atoms with E-state index in [0.29, 0.717) is 10.6 Å².